The highest BCUT2D eigenvalue weighted by Crippen LogP contribution is 2.35. The van der Waals surface area contributed by atoms with Crippen molar-refractivity contribution in [2.45, 2.75) is 51.2 Å². The average molecular weight is 419 g/mol. The van der Waals surface area contributed by atoms with Crippen LogP contribution in [0, 0.1) is 5.92 Å². The molecule has 2 unspecified atom stereocenters. The molecule has 1 amide bonds. The number of carbonyl (C=O) groups excluding carboxylic acids is 2. The number of nitrogens with zero attached hydrogens (tertiary/aromatic N) is 4. The molecule has 1 aliphatic heterocycles. The molecular formula is C22H25N7O2. The maximum Gasteiger partial charge on any atom is 0.242 e. The fourth-order valence-corrected chi connectivity index (χ4v) is 4.14. The molecule has 1 saturated carbocycles. The highest BCUT2D eigenvalue weighted by Gasteiger charge is 2.38. The fourth-order valence-electron chi connectivity index (χ4n) is 4.14. The van der Waals surface area contributed by atoms with E-state index in [2.05, 4.69) is 31.1 Å². The summed E-state index contributed by atoms with van der Waals surface area (Å²) in [6.45, 7) is 4.07. The lowest BCUT2D eigenvalue weighted by Crippen LogP contribution is -2.40. The monoisotopic (exact) mass is 419 g/mol. The first-order valence-electron chi connectivity index (χ1n) is 10.6. The number of aromatic nitrogens is 4. The molecule has 5 rings (SSSR count). The molecule has 4 heterocycles. The number of hydrazine groups is 1. The van der Waals surface area contributed by atoms with Crippen LogP contribution < -0.4 is 16.2 Å². The second kappa shape index (κ2) is 7.82. The first-order chi connectivity index (χ1) is 15.0. The molecule has 3 N–H and O–H groups in total. The van der Waals surface area contributed by atoms with Crippen molar-refractivity contribution in [3.63, 3.8) is 0 Å². The molecule has 0 spiro atoms. The van der Waals surface area contributed by atoms with E-state index >= 15 is 0 Å². The minimum atomic E-state index is -0.300. The predicted molar refractivity (Wildman–Crippen MR) is 115 cm³/mol. The summed E-state index contributed by atoms with van der Waals surface area (Å²) in [6.07, 6.45) is 11.2. The second-order valence-corrected chi connectivity index (χ2v) is 8.61. The van der Waals surface area contributed by atoms with Crippen LogP contribution in [-0.2, 0) is 4.79 Å². The van der Waals surface area contributed by atoms with E-state index in [9.17, 15) is 9.59 Å². The number of ketones is 1. The number of pyridine rings is 1. The van der Waals surface area contributed by atoms with Gasteiger partial charge in [0.15, 0.2) is 5.78 Å². The normalized spacial score (nSPS) is 21.0. The van der Waals surface area contributed by atoms with Gasteiger partial charge in [-0.1, -0.05) is 0 Å². The van der Waals surface area contributed by atoms with Gasteiger partial charge in [0.2, 0.25) is 5.91 Å². The molecule has 3 aromatic rings. The molecule has 2 fully saturated rings. The molecule has 2 aliphatic rings. The lowest BCUT2D eigenvalue weighted by atomic mass is 10.0. The van der Waals surface area contributed by atoms with E-state index in [1.54, 1.807) is 18.5 Å². The number of rotatable bonds is 6. The van der Waals surface area contributed by atoms with E-state index in [-0.39, 0.29) is 23.8 Å². The van der Waals surface area contributed by atoms with E-state index in [1.165, 1.54) is 25.4 Å². The maximum absolute atomic E-state index is 13.3. The average Bonchev–Trinajstić information content (AvgIpc) is 3.36. The maximum atomic E-state index is 13.3. The third-order valence-electron chi connectivity index (χ3n) is 6.00. The Balaban J connectivity index is 1.36. The summed E-state index contributed by atoms with van der Waals surface area (Å²) >= 11 is 0. The van der Waals surface area contributed by atoms with E-state index in [0.717, 1.165) is 12.1 Å². The highest BCUT2D eigenvalue weighted by molar-refractivity contribution is 6.16. The summed E-state index contributed by atoms with van der Waals surface area (Å²) in [7, 11) is 0. The molecule has 3 aromatic heterocycles. The Hall–Kier alpha value is -3.17. The van der Waals surface area contributed by atoms with E-state index in [4.69, 9.17) is 0 Å². The Morgan fingerprint density at radius 1 is 1.16 bits per heavy atom. The van der Waals surface area contributed by atoms with Crippen LogP contribution in [0.1, 0.15) is 55.1 Å². The van der Waals surface area contributed by atoms with Crippen molar-refractivity contribution in [3.8, 4) is 0 Å². The van der Waals surface area contributed by atoms with Gasteiger partial charge in [-0.2, -0.15) is 0 Å². The Morgan fingerprint density at radius 2 is 2.00 bits per heavy atom. The summed E-state index contributed by atoms with van der Waals surface area (Å²) < 4.78 is 1.96. The standard InChI is InChI=1S/C22H25N7O2/c1-12(2)29-10-17(16-9-24-11-25-21(16)29)20(30)14-5-15(8-23-7-14)26-22(31)19-6-18(27-28-19)13-3-4-13/h5,7-13,18-19,27-28H,3-4,6H2,1-2H3,(H,26,31). The Kier molecular flexibility index (Phi) is 4.99. The molecule has 0 bridgehead atoms. The Bertz CT molecular complexity index is 1150. The first kappa shape index (κ1) is 19.8. The fraction of sp³-hybridized carbons (Fsp3) is 0.409. The van der Waals surface area contributed by atoms with Crippen LogP contribution in [0.5, 0.6) is 0 Å². The zero-order valence-corrected chi connectivity index (χ0v) is 17.5. The van der Waals surface area contributed by atoms with Crippen molar-refractivity contribution in [1.82, 2.24) is 30.4 Å². The van der Waals surface area contributed by atoms with E-state index in [0.29, 0.717) is 34.2 Å². The minimum Gasteiger partial charge on any atom is -0.329 e. The van der Waals surface area contributed by atoms with Gasteiger partial charge in [-0.15, -0.1) is 0 Å². The van der Waals surface area contributed by atoms with Crippen LogP contribution in [-0.4, -0.2) is 43.3 Å². The summed E-state index contributed by atoms with van der Waals surface area (Å²) in [4.78, 5) is 38.5. The topological polar surface area (TPSA) is 114 Å². The molecule has 0 radical (unpaired) electrons. The first-order valence-corrected chi connectivity index (χ1v) is 10.6. The number of hydrogen-bond donors (Lipinski definition) is 3. The predicted octanol–water partition coefficient (Wildman–Crippen LogP) is 2.22. The molecule has 9 heteroatoms. The van der Waals surface area contributed by atoms with Crippen molar-refractivity contribution in [3.05, 3.63) is 48.3 Å². The van der Waals surface area contributed by atoms with Gasteiger partial charge in [-0.05, 0) is 45.1 Å². The summed E-state index contributed by atoms with van der Waals surface area (Å²) in [6, 6.07) is 1.86. The van der Waals surface area contributed by atoms with Crippen molar-refractivity contribution < 1.29 is 9.59 Å². The van der Waals surface area contributed by atoms with Crippen LogP contribution in [0.15, 0.2) is 37.2 Å². The van der Waals surface area contributed by atoms with Gasteiger partial charge in [0.05, 0.1) is 17.4 Å². The third kappa shape index (κ3) is 3.82. The molecule has 1 aliphatic carbocycles. The van der Waals surface area contributed by atoms with Gasteiger partial charge >= 0.3 is 0 Å². The second-order valence-electron chi connectivity index (χ2n) is 8.61. The van der Waals surface area contributed by atoms with Crippen LogP contribution in [0.25, 0.3) is 11.0 Å². The highest BCUT2D eigenvalue weighted by atomic mass is 16.2. The van der Waals surface area contributed by atoms with Gasteiger partial charge < -0.3 is 9.88 Å². The van der Waals surface area contributed by atoms with Crippen LogP contribution in [0.2, 0.25) is 0 Å². The minimum absolute atomic E-state index is 0.133. The largest absolute Gasteiger partial charge is 0.329 e. The number of anilines is 1. The quantitative estimate of drug-likeness (QED) is 0.525. The summed E-state index contributed by atoms with van der Waals surface area (Å²) in [5.74, 6) is 0.356. The van der Waals surface area contributed by atoms with Crippen molar-refractivity contribution >= 4 is 28.4 Å². The Labute approximate surface area is 179 Å². The number of carbonyl (C=O) groups is 2. The van der Waals surface area contributed by atoms with Crippen LogP contribution in [0.4, 0.5) is 5.69 Å². The smallest absolute Gasteiger partial charge is 0.242 e. The van der Waals surface area contributed by atoms with Crippen LogP contribution >= 0.6 is 0 Å². The zero-order chi connectivity index (χ0) is 21.5. The van der Waals surface area contributed by atoms with Gasteiger partial charge in [0.25, 0.3) is 0 Å². The van der Waals surface area contributed by atoms with Gasteiger partial charge in [-0.25, -0.2) is 15.4 Å². The number of amides is 1. The third-order valence-corrected chi connectivity index (χ3v) is 6.00. The summed E-state index contributed by atoms with van der Waals surface area (Å²) in [5, 5.41) is 3.58. The number of hydrogen-bond acceptors (Lipinski definition) is 7. The van der Waals surface area contributed by atoms with Gasteiger partial charge in [0.1, 0.15) is 18.0 Å². The Morgan fingerprint density at radius 3 is 2.77 bits per heavy atom. The molecule has 31 heavy (non-hydrogen) atoms. The van der Waals surface area contributed by atoms with Crippen molar-refractivity contribution in [2.75, 3.05) is 5.32 Å². The van der Waals surface area contributed by atoms with Crippen molar-refractivity contribution in [1.29, 1.82) is 0 Å². The van der Waals surface area contributed by atoms with Gasteiger partial charge in [0, 0.05) is 41.6 Å². The van der Waals surface area contributed by atoms with Crippen molar-refractivity contribution in [2.24, 2.45) is 5.92 Å². The zero-order valence-electron chi connectivity index (χ0n) is 17.5. The number of nitrogens with one attached hydrogen (secondary N) is 3. The molecule has 9 nitrogen and oxygen atoms in total. The molecular weight excluding hydrogens is 394 g/mol. The molecule has 1 saturated heterocycles. The SMILES string of the molecule is CC(C)n1cc(C(=O)c2cncc(NC(=O)C3CC(C4CC4)NN3)c2)c2cncnc21. The van der Waals surface area contributed by atoms with Gasteiger partial charge in [-0.3, -0.25) is 20.0 Å². The molecule has 2 atom stereocenters. The van der Waals surface area contributed by atoms with E-state index < -0.39 is 0 Å². The molecule has 0 aromatic carbocycles. The van der Waals surface area contributed by atoms with Crippen LogP contribution in [0.3, 0.4) is 0 Å². The number of fused-ring (bicyclic) bond motifs is 1. The summed E-state index contributed by atoms with van der Waals surface area (Å²) in [5.41, 5.74) is 8.43. The molecule has 160 valence electrons. The lowest BCUT2D eigenvalue weighted by Gasteiger charge is -2.11. The van der Waals surface area contributed by atoms with E-state index in [1.807, 2.05) is 24.6 Å². The lowest BCUT2D eigenvalue weighted by molar-refractivity contribution is -0.117.